The molecule has 0 atom stereocenters. The number of carbonyl (C=O) groups excluding carboxylic acids is 1. The fourth-order valence-corrected chi connectivity index (χ4v) is 2.25. The molecule has 2 aromatic carbocycles. The largest absolute Gasteiger partial charge is 0.493 e. The summed E-state index contributed by atoms with van der Waals surface area (Å²) < 4.78 is 5.67. The maximum atomic E-state index is 12.0. The Morgan fingerprint density at radius 1 is 1.09 bits per heavy atom. The van der Waals surface area contributed by atoms with Gasteiger partial charge in [-0.25, -0.2) is 0 Å². The summed E-state index contributed by atoms with van der Waals surface area (Å²) in [4.78, 5) is 12.0. The number of hydrogen-bond donors (Lipinski definition) is 2. The molecule has 2 rings (SSSR count). The van der Waals surface area contributed by atoms with Crippen LogP contribution in [0.1, 0.15) is 23.1 Å². The van der Waals surface area contributed by atoms with Gasteiger partial charge in [-0.05, 0) is 56.2 Å². The van der Waals surface area contributed by atoms with Gasteiger partial charge in [0.15, 0.2) is 0 Å². The van der Waals surface area contributed by atoms with E-state index in [-0.39, 0.29) is 5.91 Å². The van der Waals surface area contributed by atoms with Crippen molar-refractivity contribution in [2.24, 2.45) is 0 Å². The van der Waals surface area contributed by atoms with Gasteiger partial charge in [-0.3, -0.25) is 4.79 Å². The van der Waals surface area contributed by atoms with Crippen molar-refractivity contribution in [3.05, 3.63) is 53.1 Å². The van der Waals surface area contributed by atoms with Crippen LogP contribution in [0.15, 0.2) is 36.4 Å². The van der Waals surface area contributed by atoms with Gasteiger partial charge >= 0.3 is 0 Å². The fraction of sp³-hybridized carbons (Fsp3) is 0.278. The van der Waals surface area contributed by atoms with Crippen molar-refractivity contribution in [3.8, 4) is 5.75 Å². The molecule has 0 saturated heterocycles. The molecule has 0 bridgehead atoms. The minimum absolute atomic E-state index is 0.0716. The van der Waals surface area contributed by atoms with Crippen LogP contribution >= 0.6 is 0 Å². The first-order valence-electron chi connectivity index (χ1n) is 7.32. The van der Waals surface area contributed by atoms with Crippen LogP contribution in [0.4, 0.5) is 11.4 Å². The zero-order valence-electron chi connectivity index (χ0n) is 13.3. The second-order valence-corrected chi connectivity index (χ2v) is 5.49. The third kappa shape index (κ3) is 4.25. The molecule has 0 heterocycles. The average Bonchev–Trinajstić information content (AvgIpc) is 2.44. The highest BCUT2D eigenvalue weighted by Gasteiger charge is 2.06. The molecule has 0 aromatic heterocycles. The molecular formula is C18H22N2O2. The van der Waals surface area contributed by atoms with E-state index in [9.17, 15) is 4.79 Å². The Hall–Kier alpha value is -2.49. The standard InChI is InChI=1S/C18H22N2O2/c1-12-4-7-17(14(3)10-12)22-9-8-18(21)20-16-6-5-15(19)11-13(16)2/h4-7,10-11H,8-9,19H2,1-3H3,(H,20,21). The minimum Gasteiger partial charge on any atom is -0.493 e. The SMILES string of the molecule is Cc1ccc(OCCC(=O)Nc2ccc(N)cc2C)c(C)c1. The predicted molar refractivity (Wildman–Crippen MR) is 90.2 cm³/mol. The molecule has 0 unspecified atom stereocenters. The van der Waals surface area contributed by atoms with Gasteiger partial charge in [-0.2, -0.15) is 0 Å². The van der Waals surface area contributed by atoms with Gasteiger partial charge in [0.1, 0.15) is 5.75 Å². The lowest BCUT2D eigenvalue weighted by Crippen LogP contribution is -2.16. The highest BCUT2D eigenvalue weighted by atomic mass is 16.5. The summed E-state index contributed by atoms with van der Waals surface area (Å²) in [5, 5.41) is 2.87. The molecule has 0 radical (unpaired) electrons. The number of carbonyl (C=O) groups is 1. The number of amides is 1. The first-order chi connectivity index (χ1) is 10.5. The lowest BCUT2D eigenvalue weighted by molar-refractivity contribution is -0.116. The zero-order valence-corrected chi connectivity index (χ0v) is 13.3. The third-order valence-corrected chi connectivity index (χ3v) is 3.44. The number of nitrogens with one attached hydrogen (secondary N) is 1. The molecule has 0 aliphatic heterocycles. The molecule has 0 fully saturated rings. The van der Waals surface area contributed by atoms with Gasteiger partial charge < -0.3 is 15.8 Å². The number of rotatable bonds is 5. The Kier molecular flexibility index (Phi) is 5.04. The number of ether oxygens (including phenoxy) is 1. The van der Waals surface area contributed by atoms with Crippen LogP contribution in [0.2, 0.25) is 0 Å². The van der Waals surface area contributed by atoms with Gasteiger partial charge in [-0.1, -0.05) is 17.7 Å². The average molecular weight is 298 g/mol. The van der Waals surface area contributed by atoms with E-state index in [1.54, 1.807) is 6.07 Å². The van der Waals surface area contributed by atoms with Gasteiger partial charge in [0, 0.05) is 11.4 Å². The van der Waals surface area contributed by atoms with E-state index in [2.05, 4.69) is 11.4 Å². The molecule has 3 N–H and O–H groups in total. The van der Waals surface area contributed by atoms with Crippen molar-refractivity contribution in [3.63, 3.8) is 0 Å². The van der Waals surface area contributed by atoms with Crippen LogP contribution in [0.25, 0.3) is 0 Å². The topological polar surface area (TPSA) is 64.3 Å². The van der Waals surface area contributed by atoms with Crippen LogP contribution in [-0.2, 0) is 4.79 Å². The van der Waals surface area contributed by atoms with Gasteiger partial charge in [0.05, 0.1) is 13.0 Å². The molecule has 0 aliphatic carbocycles. The van der Waals surface area contributed by atoms with E-state index in [0.717, 1.165) is 22.6 Å². The summed E-state index contributed by atoms with van der Waals surface area (Å²) in [7, 11) is 0. The molecule has 116 valence electrons. The van der Waals surface area contributed by atoms with E-state index in [4.69, 9.17) is 10.5 Å². The molecule has 4 nitrogen and oxygen atoms in total. The molecule has 22 heavy (non-hydrogen) atoms. The van der Waals surface area contributed by atoms with Crippen molar-refractivity contribution in [2.75, 3.05) is 17.7 Å². The van der Waals surface area contributed by atoms with Gasteiger partial charge in [0.2, 0.25) is 5.91 Å². The second kappa shape index (κ2) is 6.98. The zero-order chi connectivity index (χ0) is 16.1. The quantitative estimate of drug-likeness (QED) is 0.829. The van der Waals surface area contributed by atoms with Crippen molar-refractivity contribution < 1.29 is 9.53 Å². The summed E-state index contributed by atoms with van der Waals surface area (Å²) in [6, 6.07) is 11.4. The van der Waals surface area contributed by atoms with E-state index in [1.807, 2.05) is 45.0 Å². The molecular weight excluding hydrogens is 276 g/mol. The minimum atomic E-state index is -0.0716. The number of nitrogen functional groups attached to an aromatic ring is 1. The Morgan fingerprint density at radius 3 is 2.55 bits per heavy atom. The van der Waals surface area contributed by atoms with Crippen LogP contribution in [-0.4, -0.2) is 12.5 Å². The molecule has 0 saturated carbocycles. The number of benzene rings is 2. The fourth-order valence-electron chi connectivity index (χ4n) is 2.25. The van der Waals surface area contributed by atoms with Crippen LogP contribution in [0, 0.1) is 20.8 Å². The van der Waals surface area contributed by atoms with Gasteiger partial charge in [0.25, 0.3) is 0 Å². The van der Waals surface area contributed by atoms with Gasteiger partial charge in [-0.15, -0.1) is 0 Å². The summed E-state index contributed by atoms with van der Waals surface area (Å²) in [5.74, 6) is 0.750. The van der Waals surface area contributed by atoms with E-state index < -0.39 is 0 Å². The Balaban J connectivity index is 1.85. The number of hydrogen-bond acceptors (Lipinski definition) is 3. The summed E-state index contributed by atoms with van der Waals surface area (Å²) in [6.07, 6.45) is 0.303. The van der Waals surface area contributed by atoms with Crippen molar-refractivity contribution in [1.29, 1.82) is 0 Å². The van der Waals surface area contributed by atoms with E-state index in [1.165, 1.54) is 5.56 Å². The molecule has 2 aromatic rings. The van der Waals surface area contributed by atoms with E-state index in [0.29, 0.717) is 18.7 Å². The highest BCUT2D eigenvalue weighted by molar-refractivity contribution is 5.91. The lowest BCUT2D eigenvalue weighted by atomic mass is 10.1. The monoisotopic (exact) mass is 298 g/mol. The van der Waals surface area contributed by atoms with E-state index >= 15 is 0 Å². The second-order valence-electron chi connectivity index (χ2n) is 5.49. The molecule has 0 aliphatic rings. The molecule has 0 spiro atoms. The third-order valence-electron chi connectivity index (χ3n) is 3.44. The van der Waals surface area contributed by atoms with Crippen LogP contribution in [0.5, 0.6) is 5.75 Å². The van der Waals surface area contributed by atoms with Crippen molar-refractivity contribution in [1.82, 2.24) is 0 Å². The van der Waals surface area contributed by atoms with Crippen molar-refractivity contribution >= 4 is 17.3 Å². The first kappa shape index (κ1) is 15.9. The Labute approximate surface area is 131 Å². The smallest absolute Gasteiger partial charge is 0.227 e. The predicted octanol–water partition coefficient (Wildman–Crippen LogP) is 3.60. The Bertz CT molecular complexity index is 681. The maximum Gasteiger partial charge on any atom is 0.227 e. The number of nitrogens with two attached hydrogens (primary N) is 1. The molecule has 4 heteroatoms. The normalized spacial score (nSPS) is 10.3. The molecule has 1 amide bonds. The number of anilines is 2. The summed E-state index contributed by atoms with van der Waals surface area (Å²) in [5.41, 5.74) is 10.4. The van der Waals surface area contributed by atoms with Crippen LogP contribution in [0.3, 0.4) is 0 Å². The summed E-state index contributed by atoms with van der Waals surface area (Å²) >= 11 is 0. The van der Waals surface area contributed by atoms with Crippen molar-refractivity contribution in [2.45, 2.75) is 27.2 Å². The highest BCUT2D eigenvalue weighted by Crippen LogP contribution is 2.20. The van der Waals surface area contributed by atoms with Crippen LogP contribution < -0.4 is 15.8 Å². The number of aryl methyl sites for hydroxylation is 3. The Morgan fingerprint density at radius 2 is 1.86 bits per heavy atom. The summed E-state index contributed by atoms with van der Waals surface area (Å²) in [6.45, 7) is 6.31. The first-order valence-corrected chi connectivity index (χ1v) is 7.32. The lowest BCUT2D eigenvalue weighted by Gasteiger charge is -2.11. The maximum absolute atomic E-state index is 12.0.